The van der Waals surface area contributed by atoms with E-state index in [1.165, 1.54) is 15.6 Å². The third kappa shape index (κ3) is 4.98. The van der Waals surface area contributed by atoms with Crippen LogP contribution >= 0.6 is 11.3 Å². The molecule has 0 atom stereocenters. The highest BCUT2D eigenvalue weighted by atomic mass is 32.2. The van der Waals surface area contributed by atoms with Crippen molar-refractivity contribution in [3.05, 3.63) is 64.5 Å². The van der Waals surface area contributed by atoms with Gasteiger partial charge >= 0.3 is 0 Å². The molecule has 0 aliphatic carbocycles. The quantitative estimate of drug-likeness (QED) is 0.590. The van der Waals surface area contributed by atoms with Gasteiger partial charge in [-0.25, -0.2) is 13.1 Å². The van der Waals surface area contributed by atoms with Gasteiger partial charge in [0.1, 0.15) is 0 Å². The van der Waals surface area contributed by atoms with E-state index < -0.39 is 10.0 Å². The molecule has 2 aromatic carbocycles. The van der Waals surface area contributed by atoms with Gasteiger partial charge in [0, 0.05) is 24.2 Å². The standard InChI is InChI=1S/C21H24N2O3S2/c1-15-7-8-16(2)20(13-15)28(25,26)23-12-10-21(24)22-11-9-17-14-27-19-6-4-3-5-18(17)19/h3-8,13-14,23H,9-12H2,1-2H3,(H,22,24). The molecule has 7 heteroatoms. The molecule has 0 aliphatic heterocycles. The molecule has 28 heavy (non-hydrogen) atoms. The molecular weight excluding hydrogens is 392 g/mol. The summed E-state index contributed by atoms with van der Waals surface area (Å²) in [7, 11) is -3.62. The topological polar surface area (TPSA) is 75.3 Å². The van der Waals surface area contributed by atoms with Crippen LogP contribution in [-0.2, 0) is 21.2 Å². The monoisotopic (exact) mass is 416 g/mol. The van der Waals surface area contributed by atoms with Gasteiger partial charge in [-0.15, -0.1) is 11.3 Å². The molecule has 0 unspecified atom stereocenters. The SMILES string of the molecule is Cc1ccc(C)c(S(=O)(=O)NCCC(=O)NCCc2csc3ccccc23)c1. The number of fused-ring (bicyclic) bond motifs is 1. The minimum Gasteiger partial charge on any atom is -0.356 e. The summed E-state index contributed by atoms with van der Waals surface area (Å²) in [5.74, 6) is -0.164. The van der Waals surface area contributed by atoms with Crippen LogP contribution < -0.4 is 10.0 Å². The summed E-state index contributed by atoms with van der Waals surface area (Å²) in [5.41, 5.74) is 2.78. The lowest BCUT2D eigenvalue weighted by Gasteiger charge is -2.10. The Labute approximate surface area is 169 Å². The van der Waals surface area contributed by atoms with Crippen molar-refractivity contribution in [3.63, 3.8) is 0 Å². The van der Waals surface area contributed by atoms with Crippen molar-refractivity contribution in [1.82, 2.24) is 10.0 Å². The highest BCUT2D eigenvalue weighted by molar-refractivity contribution is 7.89. The van der Waals surface area contributed by atoms with Gasteiger partial charge in [-0.05, 0) is 59.9 Å². The summed E-state index contributed by atoms with van der Waals surface area (Å²) < 4.78 is 28.6. The zero-order valence-corrected chi connectivity index (χ0v) is 17.6. The first-order valence-corrected chi connectivity index (χ1v) is 11.5. The number of nitrogens with one attached hydrogen (secondary N) is 2. The number of benzene rings is 2. The van der Waals surface area contributed by atoms with Gasteiger partial charge in [0.15, 0.2) is 0 Å². The Balaban J connectivity index is 1.46. The van der Waals surface area contributed by atoms with E-state index in [0.29, 0.717) is 12.1 Å². The molecule has 2 N–H and O–H groups in total. The summed E-state index contributed by atoms with van der Waals surface area (Å²) in [6, 6.07) is 13.5. The maximum Gasteiger partial charge on any atom is 0.240 e. The summed E-state index contributed by atoms with van der Waals surface area (Å²) in [6.45, 7) is 4.21. The Morgan fingerprint density at radius 2 is 1.86 bits per heavy atom. The van der Waals surface area contributed by atoms with Crippen LogP contribution in [-0.4, -0.2) is 27.4 Å². The number of sulfonamides is 1. The molecule has 3 aromatic rings. The predicted molar refractivity (Wildman–Crippen MR) is 114 cm³/mol. The van der Waals surface area contributed by atoms with Crippen LogP contribution in [0.15, 0.2) is 52.7 Å². The minimum absolute atomic E-state index is 0.0724. The van der Waals surface area contributed by atoms with Crippen LogP contribution in [0.3, 0.4) is 0 Å². The number of thiophene rings is 1. The number of amides is 1. The molecule has 1 amide bonds. The van der Waals surface area contributed by atoms with Crippen LogP contribution in [0.4, 0.5) is 0 Å². The summed E-state index contributed by atoms with van der Waals surface area (Å²) in [5, 5.41) is 6.21. The van der Waals surface area contributed by atoms with E-state index in [1.807, 2.05) is 25.1 Å². The molecule has 0 saturated carbocycles. The molecular formula is C21H24N2O3S2. The van der Waals surface area contributed by atoms with Crippen molar-refractivity contribution in [1.29, 1.82) is 0 Å². The summed E-state index contributed by atoms with van der Waals surface area (Å²) in [6.07, 6.45) is 0.860. The third-order valence-corrected chi connectivity index (χ3v) is 7.17. The molecule has 148 valence electrons. The first-order valence-electron chi connectivity index (χ1n) is 9.15. The maximum atomic E-state index is 12.4. The summed E-state index contributed by atoms with van der Waals surface area (Å²) in [4.78, 5) is 12.3. The van der Waals surface area contributed by atoms with E-state index in [4.69, 9.17) is 0 Å². The van der Waals surface area contributed by atoms with Gasteiger partial charge in [0.2, 0.25) is 15.9 Å². The molecule has 0 bridgehead atoms. The Hall–Kier alpha value is -2.22. The van der Waals surface area contributed by atoms with Gasteiger partial charge in [-0.1, -0.05) is 30.3 Å². The van der Waals surface area contributed by atoms with Crippen LogP contribution in [0.1, 0.15) is 23.1 Å². The number of carbonyl (C=O) groups excluding carboxylic acids is 1. The average Bonchev–Trinajstić information content (AvgIpc) is 3.07. The van der Waals surface area contributed by atoms with Gasteiger partial charge in [0.25, 0.3) is 0 Å². The van der Waals surface area contributed by atoms with Crippen molar-refractivity contribution >= 4 is 37.4 Å². The van der Waals surface area contributed by atoms with E-state index in [0.717, 1.165) is 12.0 Å². The van der Waals surface area contributed by atoms with Gasteiger partial charge < -0.3 is 5.32 Å². The Morgan fingerprint density at radius 1 is 1.07 bits per heavy atom. The molecule has 3 rings (SSSR count). The predicted octanol–water partition coefficient (Wildman–Crippen LogP) is 3.55. The molecule has 5 nitrogen and oxygen atoms in total. The Kier molecular flexibility index (Phi) is 6.49. The van der Waals surface area contributed by atoms with E-state index in [-0.39, 0.29) is 23.8 Å². The molecule has 0 aliphatic rings. The third-order valence-electron chi connectivity index (χ3n) is 4.55. The van der Waals surface area contributed by atoms with Crippen LogP contribution in [0.5, 0.6) is 0 Å². The highest BCUT2D eigenvalue weighted by Gasteiger charge is 2.17. The Bertz CT molecular complexity index is 1090. The second-order valence-corrected chi connectivity index (χ2v) is 9.42. The Morgan fingerprint density at radius 3 is 2.68 bits per heavy atom. The fraction of sp³-hybridized carbons (Fsp3) is 0.286. The molecule has 0 spiro atoms. The summed E-state index contributed by atoms with van der Waals surface area (Å²) >= 11 is 1.70. The van der Waals surface area contributed by atoms with Crippen LogP contribution in [0.25, 0.3) is 10.1 Å². The number of aryl methyl sites for hydroxylation is 2. The normalized spacial score (nSPS) is 11.6. The lowest BCUT2D eigenvalue weighted by atomic mass is 10.1. The fourth-order valence-corrected chi connectivity index (χ4v) is 5.38. The van der Waals surface area contributed by atoms with Crippen LogP contribution in [0.2, 0.25) is 0 Å². The smallest absolute Gasteiger partial charge is 0.240 e. The molecule has 1 heterocycles. The van der Waals surface area contributed by atoms with E-state index >= 15 is 0 Å². The fourth-order valence-electron chi connectivity index (χ4n) is 3.02. The first kappa shape index (κ1) is 20.5. The van der Waals surface area contributed by atoms with Gasteiger partial charge in [0.05, 0.1) is 4.90 Å². The van der Waals surface area contributed by atoms with Crippen molar-refractivity contribution < 1.29 is 13.2 Å². The average molecular weight is 417 g/mol. The zero-order chi connectivity index (χ0) is 20.1. The number of rotatable bonds is 8. The number of carbonyl (C=O) groups is 1. The first-order chi connectivity index (χ1) is 13.4. The molecule has 0 saturated heterocycles. The van der Waals surface area contributed by atoms with Crippen LogP contribution in [0, 0.1) is 13.8 Å². The number of hydrogen-bond donors (Lipinski definition) is 2. The van der Waals surface area contributed by atoms with E-state index in [2.05, 4.69) is 27.6 Å². The minimum atomic E-state index is -3.62. The highest BCUT2D eigenvalue weighted by Crippen LogP contribution is 2.25. The molecule has 1 aromatic heterocycles. The van der Waals surface area contributed by atoms with E-state index in [9.17, 15) is 13.2 Å². The maximum absolute atomic E-state index is 12.4. The van der Waals surface area contributed by atoms with Crippen molar-refractivity contribution in [2.45, 2.75) is 31.6 Å². The van der Waals surface area contributed by atoms with E-state index in [1.54, 1.807) is 30.4 Å². The second-order valence-electron chi connectivity index (χ2n) is 6.77. The largest absolute Gasteiger partial charge is 0.356 e. The zero-order valence-electron chi connectivity index (χ0n) is 16.0. The van der Waals surface area contributed by atoms with Crippen molar-refractivity contribution in [2.75, 3.05) is 13.1 Å². The number of hydrogen-bond acceptors (Lipinski definition) is 4. The molecule has 0 fully saturated rings. The molecule has 0 radical (unpaired) electrons. The van der Waals surface area contributed by atoms with Gasteiger partial charge in [-0.3, -0.25) is 4.79 Å². The second kappa shape index (κ2) is 8.86. The van der Waals surface area contributed by atoms with Gasteiger partial charge in [-0.2, -0.15) is 0 Å². The lowest BCUT2D eigenvalue weighted by Crippen LogP contribution is -2.32. The van der Waals surface area contributed by atoms with Crippen molar-refractivity contribution in [2.24, 2.45) is 0 Å². The van der Waals surface area contributed by atoms with Crippen molar-refractivity contribution in [3.8, 4) is 0 Å². The lowest BCUT2D eigenvalue weighted by molar-refractivity contribution is -0.120.